The molecule has 5 rings (SSSR count). The van der Waals surface area contributed by atoms with Crippen LogP contribution in [0, 0.1) is 0 Å². The smallest absolute Gasteiger partial charge is 0.203 e. The molecule has 0 bridgehead atoms. The second-order valence-corrected chi connectivity index (χ2v) is 7.62. The lowest BCUT2D eigenvalue weighted by Gasteiger charge is -2.41. The Morgan fingerprint density at radius 2 is 1.83 bits per heavy atom. The Balaban J connectivity index is 1.76. The number of methoxy groups -OCH3 is 3. The van der Waals surface area contributed by atoms with Gasteiger partial charge in [-0.25, -0.2) is 0 Å². The maximum absolute atomic E-state index is 13.6. The van der Waals surface area contributed by atoms with Crippen molar-refractivity contribution in [1.29, 1.82) is 0 Å². The number of ether oxygens (including phenoxy) is 6. The van der Waals surface area contributed by atoms with E-state index in [1.54, 1.807) is 21.3 Å². The van der Waals surface area contributed by atoms with Crippen molar-refractivity contribution in [3.8, 4) is 17.2 Å². The van der Waals surface area contributed by atoms with Crippen molar-refractivity contribution in [2.75, 3.05) is 41.3 Å². The predicted octanol–water partition coefficient (Wildman–Crippen LogP) is 1.95. The molecule has 0 radical (unpaired) electrons. The Labute approximate surface area is 174 Å². The fourth-order valence-corrected chi connectivity index (χ4v) is 4.73. The van der Waals surface area contributed by atoms with Gasteiger partial charge in [-0.05, 0) is 30.2 Å². The van der Waals surface area contributed by atoms with Crippen LogP contribution < -0.4 is 19.5 Å². The fraction of sp³-hybridized carbons (Fsp3) is 0.409. The number of hydrogen-bond donors (Lipinski definition) is 1. The number of fused-ring (bicyclic) bond motifs is 1. The van der Waals surface area contributed by atoms with Gasteiger partial charge in [0.05, 0.1) is 34.5 Å². The minimum Gasteiger partial charge on any atom is -0.493 e. The van der Waals surface area contributed by atoms with Gasteiger partial charge in [0, 0.05) is 28.5 Å². The van der Waals surface area contributed by atoms with Gasteiger partial charge < -0.3 is 33.7 Å². The molecule has 1 aromatic rings. The number of carbonyl (C=O) groups excluding carboxylic acids is 1. The second-order valence-electron chi connectivity index (χ2n) is 7.62. The summed E-state index contributed by atoms with van der Waals surface area (Å²) in [5.41, 5.74) is 3.34. The number of hydrogen-bond acceptors (Lipinski definition) is 8. The summed E-state index contributed by atoms with van der Waals surface area (Å²) >= 11 is 0. The molecule has 1 N–H and O–H groups in total. The third kappa shape index (κ3) is 2.44. The first-order valence-corrected chi connectivity index (χ1v) is 9.65. The van der Waals surface area contributed by atoms with Gasteiger partial charge in [-0.15, -0.1) is 0 Å². The minimum absolute atomic E-state index is 0.0694. The topological polar surface area (TPSA) is 84.5 Å². The summed E-state index contributed by atoms with van der Waals surface area (Å²) < 4.78 is 33.5. The van der Waals surface area contributed by atoms with Crippen molar-refractivity contribution in [2.24, 2.45) is 0 Å². The molecule has 0 saturated carbocycles. The van der Waals surface area contributed by atoms with Gasteiger partial charge in [0.15, 0.2) is 30.2 Å². The normalized spacial score (nSPS) is 27.0. The van der Waals surface area contributed by atoms with E-state index < -0.39 is 11.5 Å². The van der Waals surface area contributed by atoms with Crippen LogP contribution in [-0.4, -0.2) is 53.2 Å². The molecule has 0 aromatic heterocycles. The van der Waals surface area contributed by atoms with Crippen LogP contribution in [-0.2, 0) is 24.4 Å². The van der Waals surface area contributed by atoms with Crippen LogP contribution in [0.4, 0.5) is 0 Å². The molecule has 8 heteroatoms. The highest BCUT2D eigenvalue weighted by Crippen LogP contribution is 2.52. The quantitative estimate of drug-likeness (QED) is 0.802. The summed E-state index contributed by atoms with van der Waals surface area (Å²) in [7, 11) is 4.71. The van der Waals surface area contributed by atoms with Crippen LogP contribution in [0.25, 0.3) is 0 Å². The van der Waals surface area contributed by atoms with Crippen LogP contribution in [0.15, 0.2) is 46.5 Å². The molecule has 30 heavy (non-hydrogen) atoms. The van der Waals surface area contributed by atoms with Gasteiger partial charge in [0.2, 0.25) is 5.75 Å². The number of allylic oxidation sites excluding steroid dienone is 1. The molecule has 1 fully saturated rings. The van der Waals surface area contributed by atoms with E-state index >= 15 is 0 Å². The van der Waals surface area contributed by atoms with Crippen molar-refractivity contribution in [3.63, 3.8) is 0 Å². The first-order chi connectivity index (χ1) is 14.5. The third-order valence-electron chi connectivity index (χ3n) is 6.25. The molecule has 3 heterocycles. The molecule has 1 aliphatic carbocycles. The Kier molecular flexibility index (Phi) is 4.30. The van der Waals surface area contributed by atoms with Crippen molar-refractivity contribution >= 4 is 5.78 Å². The molecular formula is C22H23NO7. The van der Waals surface area contributed by atoms with E-state index in [2.05, 4.69) is 5.32 Å². The molecule has 1 saturated heterocycles. The highest BCUT2D eigenvalue weighted by atomic mass is 16.7. The summed E-state index contributed by atoms with van der Waals surface area (Å²) in [6, 6.07) is 3.78. The predicted molar refractivity (Wildman–Crippen MR) is 105 cm³/mol. The van der Waals surface area contributed by atoms with E-state index in [0.717, 1.165) is 16.8 Å². The monoisotopic (exact) mass is 413 g/mol. The number of benzene rings is 1. The molecule has 158 valence electrons. The van der Waals surface area contributed by atoms with E-state index in [0.29, 0.717) is 47.5 Å². The largest absolute Gasteiger partial charge is 0.493 e. The van der Waals surface area contributed by atoms with Crippen LogP contribution in [0.5, 0.6) is 17.2 Å². The van der Waals surface area contributed by atoms with Crippen LogP contribution in [0.3, 0.4) is 0 Å². The van der Waals surface area contributed by atoms with Crippen molar-refractivity contribution < 1.29 is 33.2 Å². The lowest BCUT2D eigenvalue weighted by Crippen LogP contribution is -2.45. The Morgan fingerprint density at radius 1 is 1.10 bits per heavy atom. The van der Waals surface area contributed by atoms with Gasteiger partial charge >= 0.3 is 0 Å². The molecule has 4 aliphatic rings. The van der Waals surface area contributed by atoms with Crippen LogP contribution in [0.2, 0.25) is 0 Å². The Bertz CT molecular complexity index is 1010. The van der Waals surface area contributed by atoms with Crippen molar-refractivity contribution in [2.45, 2.75) is 18.4 Å². The average Bonchev–Trinajstić information content (AvgIpc) is 3.42. The molecule has 1 aromatic carbocycles. The van der Waals surface area contributed by atoms with Crippen molar-refractivity contribution in [1.82, 2.24) is 5.32 Å². The molecule has 2 atom stereocenters. The molecule has 8 nitrogen and oxygen atoms in total. The highest BCUT2D eigenvalue weighted by molar-refractivity contribution is 6.06. The summed E-state index contributed by atoms with van der Waals surface area (Å²) in [5, 5.41) is 3.38. The second kappa shape index (κ2) is 6.78. The molecule has 0 spiro atoms. The van der Waals surface area contributed by atoms with E-state index in [9.17, 15) is 4.79 Å². The van der Waals surface area contributed by atoms with Gasteiger partial charge in [-0.3, -0.25) is 4.79 Å². The highest BCUT2D eigenvalue weighted by Gasteiger charge is 2.51. The Hall–Kier alpha value is -2.97. The number of ketones is 1. The van der Waals surface area contributed by atoms with Gasteiger partial charge in [-0.1, -0.05) is 0 Å². The Morgan fingerprint density at radius 3 is 2.50 bits per heavy atom. The van der Waals surface area contributed by atoms with E-state index in [1.165, 1.54) is 0 Å². The zero-order chi connectivity index (χ0) is 21.0. The number of Topliss-reactive ketones (excluding diaryl/α,β-unsaturated/α-hetero) is 1. The lowest BCUT2D eigenvalue weighted by atomic mass is 9.65. The molecule has 2 unspecified atom stereocenters. The molecule has 0 amide bonds. The van der Waals surface area contributed by atoms with Crippen LogP contribution >= 0.6 is 0 Å². The maximum atomic E-state index is 13.6. The summed E-state index contributed by atoms with van der Waals surface area (Å²) in [4.78, 5) is 13.6. The fourth-order valence-electron chi connectivity index (χ4n) is 4.73. The van der Waals surface area contributed by atoms with Gasteiger partial charge in [0.1, 0.15) is 5.76 Å². The SMILES string of the molecule is COc1cc(C2(C)C3=C(COC3)NC3=C2C(=O)C2OCOC2=C3)cc(OC)c1OC. The van der Waals surface area contributed by atoms with Crippen molar-refractivity contribution in [3.05, 3.63) is 52.1 Å². The zero-order valence-electron chi connectivity index (χ0n) is 17.3. The maximum Gasteiger partial charge on any atom is 0.203 e. The average molecular weight is 413 g/mol. The van der Waals surface area contributed by atoms with E-state index in [1.807, 2.05) is 25.1 Å². The lowest BCUT2D eigenvalue weighted by molar-refractivity contribution is -0.123. The number of nitrogens with one attached hydrogen (secondary N) is 1. The van der Waals surface area contributed by atoms with Gasteiger partial charge in [-0.2, -0.15) is 0 Å². The summed E-state index contributed by atoms with van der Waals surface area (Å²) in [5.74, 6) is 1.95. The summed E-state index contributed by atoms with van der Waals surface area (Å²) in [6.45, 7) is 2.96. The van der Waals surface area contributed by atoms with E-state index in [-0.39, 0.29) is 12.6 Å². The minimum atomic E-state index is -0.774. The van der Waals surface area contributed by atoms with Gasteiger partial charge in [0.25, 0.3) is 0 Å². The zero-order valence-corrected chi connectivity index (χ0v) is 17.3. The number of rotatable bonds is 4. The third-order valence-corrected chi connectivity index (χ3v) is 6.25. The molecular weight excluding hydrogens is 390 g/mol. The first kappa shape index (κ1) is 19.0. The van der Waals surface area contributed by atoms with Crippen LogP contribution in [0.1, 0.15) is 12.5 Å². The number of dihydropyridines is 1. The van der Waals surface area contributed by atoms with E-state index in [4.69, 9.17) is 28.4 Å². The first-order valence-electron chi connectivity index (χ1n) is 9.65. The molecule has 3 aliphatic heterocycles. The summed E-state index contributed by atoms with van der Waals surface area (Å²) in [6.07, 6.45) is 1.13. The number of carbonyl (C=O) groups is 1. The standard InChI is InChI=1S/C22H23NO7/c1-22(11-5-15(25-2)20(27-4)16(6-11)26-3)12-8-28-9-14(12)23-13-7-17-21(30-10-29-17)19(24)18(13)22/h5-7,21,23H,8-10H2,1-4H3.